The van der Waals surface area contributed by atoms with Gasteiger partial charge in [-0.1, -0.05) is 49.7 Å². The molecule has 7 nitrogen and oxygen atoms in total. The first-order valence-electron chi connectivity index (χ1n) is 10.5. The number of ketones is 1. The Balaban J connectivity index is 1.89. The van der Waals surface area contributed by atoms with Gasteiger partial charge in [-0.05, 0) is 18.6 Å². The molecule has 0 bridgehead atoms. The number of aliphatic carboxylic acids is 1. The van der Waals surface area contributed by atoms with Crippen molar-refractivity contribution >= 4 is 45.4 Å². The Bertz CT molecular complexity index is 1120. The minimum absolute atomic E-state index is 0.133. The summed E-state index contributed by atoms with van der Waals surface area (Å²) >= 11 is 0. The molecule has 0 spiro atoms. The van der Waals surface area contributed by atoms with Gasteiger partial charge in [0.05, 0.1) is 17.5 Å². The highest BCUT2D eigenvalue weighted by molar-refractivity contribution is 6.13. The number of para-hydroxylation sites is 2. The molecule has 32 heavy (non-hydrogen) atoms. The molecule has 0 aliphatic carbocycles. The highest BCUT2D eigenvalue weighted by Crippen LogP contribution is 2.29. The second kappa shape index (κ2) is 10.2. The molecule has 2 aromatic carbocycles. The second-order valence-electron chi connectivity index (χ2n) is 7.71. The molecule has 0 saturated carbocycles. The predicted molar refractivity (Wildman–Crippen MR) is 118 cm³/mol. The zero-order valence-electron chi connectivity index (χ0n) is 17.7. The van der Waals surface area contributed by atoms with Crippen LogP contribution in [0.25, 0.3) is 21.8 Å². The minimum Gasteiger partial charge on any atom is -0.481 e. The topological polar surface area (TPSA) is 105 Å². The standard InChI is InChI=1S/C24H25FN2O5/c1-2-7-15(24(32)26-18(13-23(30)31)21(28)14-25)12-22(29)27-19-10-5-3-8-16(19)17-9-4-6-11-20(17)27/h3-6,8-11,15,18H,2,7,12-14H2,1H3,(H,26,32)(H,30,31). The van der Waals surface area contributed by atoms with Gasteiger partial charge in [-0.2, -0.15) is 0 Å². The van der Waals surface area contributed by atoms with Gasteiger partial charge in [0.1, 0.15) is 12.7 Å². The zero-order chi connectivity index (χ0) is 23.3. The van der Waals surface area contributed by atoms with Crippen LogP contribution in [0.1, 0.15) is 37.4 Å². The zero-order valence-corrected chi connectivity index (χ0v) is 17.7. The fourth-order valence-electron chi connectivity index (χ4n) is 3.97. The number of halogens is 1. The fourth-order valence-corrected chi connectivity index (χ4v) is 3.97. The molecule has 2 N–H and O–H groups in total. The molecule has 0 saturated heterocycles. The van der Waals surface area contributed by atoms with E-state index in [1.54, 1.807) is 4.57 Å². The number of aromatic nitrogens is 1. The molecule has 2 unspecified atom stereocenters. The number of carbonyl (C=O) groups is 4. The number of alkyl halides is 1. The summed E-state index contributed by atoms with van der Waals surface area (Å²) in [5.41, 5.74) is 1.46. The van der Waals surface area contributed by atoms with Crippen molar-refractivity contribution in [2.24, 2.45) is 5.92 Å². The Morgan fingerprint density at radius 2 is 1.53 bits per heavy atom. The Labute approximate surface area is 184 Å². The van der Waals surface area contributed by atoms with Gasteiger partial charge >= 0.3 is 5.97 Å². The van der Waals surface area contributed by atoms with E-state index in [0.29, 0.717) is 12.8 Å². The van der Waals surface area contributed by atoms with Crippen LogP contribution in [-0.4, -0.2) is 46.0 Å². The van der Waals surface area contributed by atoms with E-state index in [-0.39, 0.29) is 12.3 Å². The van der Waals surface area contributed by atoms with Crippen molar-refractivity contribution in [2.75, 3.05) is 6.67 Å². The lowest BCUT2D eigenvalue weighted by atomic mass is 9.97. The molecular formula is C24H25FN2O5. The molecule has 2 atom stereocenters. The monoisotopic (exact) mass is 440 g/mol. The fraction of sp³-hybridized carbons (Fsp3) is 0.333. The van der Waals surface area contributed by atoms with E-state index >= 15 is 0 Å². The van der Waals surface area contributed by atoms with Gasteiger partial charge in [0.2, 0.25) is 11.8 Å². The maximum atomic E-state index is 13.3. The average molecular weight is 440 g/mol. The molecule has 1 amide bonds. The van der Waals surface area contributed by atoms with Crippen molar-refractivity contribution in [3.05, 3.63) is 48.5 Å². The number of hydrogen-bond acceptors (Lipinski definition) is 4. The number of Topliss-reactive ketones (excluding diaryl/α,β-unsaturated/α-hetero) is 1. The summed E-state index contributed by atoms with van der Waals surface area (Å²) in [4.78, 5) is 48.9. The first-order chi connectivity index (χ1) is 15.4. The lowest BCUT2D eigenvalue weighted by Crippen LogP contribution is -2.46. The van der Waals surface area contributed by atoms with E-state index in [4.69, 9.17) is 5.11 Å². The Hall–Kier alpha value is -3.55. The number of amides is 1. The second-order valence-corrected chi connectivity index (χ2v) is 7.71. The third-order valence-corrected chi connectivity index (χ3v) is 5.47. The number of nitrogens with one attached hydrogen (secondary N) is 1. The van der Waals surface area contributed by atoms with E-state index < -0.39 is 42.7 Å². The number of carboxylic acid groups (broad SMARTS) is 1. The van der Waals surface area contributed by atoms with Gasteiger partial charge in [0.25, 0.3) is 0 Å². The van der Waals surface area contributed by atoms with Crippen LogP contribution in [0, 0.1) is 5.92 Å². The normalized spacial score (nSPS) is 13.1. The van der Waals surface area contributed by atoms with Gasteiger partial charge in [-0.15, -0.1) is 0 Å². The molecule has 0 radical (unpaired) electrons. The van der Waals surface area contributed by atoms with Crippen molar-refractivity contribution < 1.29 is 28.7 Å². The van der Waals surface area contributed by atoms with E-state index in [1.165, 1.54) is 0 Å². The van der Waals surface area contributed by atoms with Crippen LogP contribution < -0.4 is 5.32 Å². The maximum absolute atomic E-state index is 13.3. The van der Waals surface area contributed by atoms with E-state index in [1.807, 2.05) is 55.5 Å². The third kappa shape index (κ3) is 4.85. The molecule has 0 aliphatic rings. The van der Waals surface area contributed by atoms with Crippen molar-refractivity contribution in [3.8, 4) is 0 Å². The molecular weight excluding hydrogens is 415 g/mol. The number of carboxylic acids is 1. The SMILES string of the molecule is CCCC(CC(=O)n1c2ccccc2c2ccccc21)C(=O)NC(CC(=O)O)C(=O)CF. The van der Waals surface area contributed by atoms with Crippen molar-refractivity contribution in [3.63, 3.8) is 0 Å². The van der Waals surface area contributed by atoms with Crippen molar-refractivity contribution in [1.29, 1.82) is 0 Å². The predicted octanol–water partition coefficient (Wildman–Crippen LogP) is 3.74. The van der Waals surface area contributed by atoms with Crippen LogP contribution >= 0.6 is 0 Å². The number of carbonyl (C=O) groups excluding carboxylic acids is 3. The quantitative estimate of drug-likeness (QED) is 0.500. The first kappa shape index (κ1) is 23.1. The Kier molecular flexibility index (Phi) is 7.35. The highest BCUT2D eigenvalue weighted by Gasteiger charge is 2.29. The van der Waals surface area contributed by atoms with E-state index in [2.05, 4.69) is 5.32 Å². The summed E-state index contributed by atoms with van der Waals surface area (Å²) in [6, 6.07) is 13.5. The van der Waals surface area contributed by atoms with Crippen LogP contribution in [0.5, 0.6) is 0 Å². The lowest BCUT2D eigenvalue weighted by Gasteiger charge is -2.20. The van der Waals surface area contributed by atoms with E-state index in [0.717, 1.165) is 21.8 Å². The molecule has 0 fully saturated rings. The van der Waals surface area contributed by atoms with Crippen molar-refractivity contribution in [2.45, 2.75) is 38.6 Å². The van der Waals surface area contributed by atoms with Gasteiger partial charge in [-0.3, -0.25) is 23.7 Å². The summed E-state index contributed by atoms with van der Waals surface area (Å²) in [6.45, 7) is 0.476. The minimum atomic E-state index is -1.47. The lowest BCUT2D eigenvalue weighted by molar-refractivity contribution is -0.140. The summed E-state index contributed by atoms with van der Waals surface area (Å²) < 4.78 is 14.4. The molecule has 3 aromatic rings. The van der Waals surface area contributed by atoms with Gasteiger partial charge in [0.15, 0.2) is 5.78 Å². The summed E-state index contributed by atoms with van der Waals surface area (Å²) in [5.74, 6) is -4.04. The first-order valence-corrected chi connectivity index (χ1v) is 10.5. The molecule has 1 aromatic heterocycles. The summed E-state index contributed by atoms with van der Waals surface area (Å²) in [5, 5.41) is 13.1. The van der Waals surface area contributed by atoms with Crippen LogP contribution in [0.15, 0.2) is 48.5 Å². The number of benzene rings is 2. The third-order valence-electron chi connectivity index (χ3n) is 5.47. The number of nitrogens with zero attached hydrogens (tertiary/aromatic N) is 1. The molecule has 168 valence electrons. The van der Waals surface area contributed by atoms with Crippen molar-refractivity contribution in [1.82, 2.24) is 9.88 Å². The molecule has 8 heteroatoms. The average Bonchev–Trinajstić information content (AvgIpc) is 3.12. The highest BCUT2D eigenvalue weighted by atomic mass is 19.1. The van der Waals surface area contributed by atoms with Gasteiger partial charge in [-0.25, -0.2) is 4.39 Å². The van der Waals surface area contributed by atoms with Gasteiger partial charge < -0.3 is 10.4 Å². The molecule has 1 heterocycles. The summed E-state index contributed by atoms with van der Waals surface area (Å²) in [6.07, 6.45) is 0.109. The van der Waals surface area contributed by atoms with Crippen LogP contribution in [0.3, 0.4) is 0 Å². The number of rotatable bonds is 10. The maximum Gasteiger partial charge on any atom is 0.305 e. The van der Waals surface area contributed by atoms with Crippen LogP contribution in [0.4, 0.5) is 4.39 Å². The smallest absolute Gasteiger partial charge is 0.305 e. The number of hydrogen-bond donors (Lipinski definition) is 2. The number of fused-ring (bicyclic) bond motifs is 3. The summed E-state index contributed by atoms with van der Waals surface area (Å²) in [7, 11) is 0. The Morgan fingerprint density at radius 3 is 2.03 bits per heavy atom. The Morgan fingerprint density at radius 1 is 0.969 bits per heavy atom. The molecule has 0 aliphatic heterocycles. The van der Waals surface area contributed by atoms with Crippen LogP contribution in [0.2, 0.25) is 0 Å². The van der Waals surface area contributed by atoms with E-state index in [9.17, 15) is 23.6 Å². The molecule has 3 rings (SSSR count). The van der Waals surface area contributed by atoms with Crippen LogP contribution in [-0.2, 0) is 14.4 Å². The van der Waals surface area contributed by atoms with Gasteiger partial charge in [0, 0.05) is 23.1 Å². The largest absolute Gasteiger partial charge is 0.481 e.